The predicted octanol–water partition coefficient (Wildman–Crippen LogP) is 2.31. The van der Waals surface area contributed by atoms with Crippen LogP contribution in [0.4, 0.5) is 0 Å². The zero-order chi connectivity index (χ0) is 13.9. The number of hydrogen-bond donors (Lipinski definition) is 0. The Labute approximate surface area is 119 Å². The number of imidazole rings is 1. The molecule has 1 aromatic carbocycles. The van der Waals surface area contributed by atoms with Crippen molar-refractivity contribution < 1.29 is 0 Å². The summed E-state index contributed by atoms with van der Waals surface area (Å²) in [4.78, 5) is 15.0. The van der Waals surface area contributed by atoms with Gasteiger partial charge in [0.15, 0.2) is 0 Å². The number of para-hydroxylation sites is 2. The number of benzene rings is 1. The van der Waals surface area contributed by atoms with Gasteiger partial charge in [-0.1, -0.05) is 18.6 Å². The fourth-order valence-electron chi connectivity index (χ4n) is 3.22. The SMILES string of the molecule is CCn1c(=O)n(CCN2CCCCC2)c2ccccc21. The molecule has 0 amide bonds. The van der Waals surface area contributed by atoms with Crippen molar-refractivity contribution >= 4 is 11.0 Å². The molecular weight excluding hydrogens is 250 g/mol. The van der Waals surface area contributed by atoms with Gasteiger partial charge in [-0.15, -0.1) is 0 Å². The first-order valence-electron chi connectivity index (χ1n) is 7.71. The summed E-state index contributed by atoms with van der Waals surface area (Å²) in [7, 11) is 0. The largest absolute Gasteiger partial charge is 0.329 e. The van der Waals surface area contributed by atoms with E-state index in [1.54, 1.807) is 0 Å². The first-order valence-corrected chi connectivity index (χ1v) is 7.71. The van der Waals surface area contributed by atoms with Crippen molar-refractivity contribution in [1.29, 1.82) is 0 Å². The van der Waals surface area contributed by atoms with Gasteiger partial charge >= 0.3 is 5.69 Å². The molecule has 1 aromatic heterocycles. The zero-order valence-corrected chi connectivity index (χ0v) is 12.2. The van der Waals surface area contributed by atoms with Gasteiger partial charge in [0.1, 0.15) is 0 Å². The predicted molar refractivity (Wildman–Crippen MR) is 82.2 cm³/mol. The summed E-state index contributed by atoms with van der Waals surface area (Å²) in [5, 5.41) is 0. The van der Waals surface area contributed by atoms with E-state index in [1.165, 1.54) is 32.4 Å². The number of aromatic nitrogens is 2. The van der Waals surface area contributed by atoms with Crippen LogP contribution in [-0.2, 0) is 13.1 Å². The van der Waals surface area contributed by atoms with E-state index in [0.29, 0.717) is 0 Å². The lowest BCUT2D eigenvalue weighted by atomic mass is 10.1. The molecule has 0 spiro atoms. The van der Waals surface area contributed by atoms with Gasteiger partial charge in [0.25, 0.3) is 0 Å². The lowest BCUT2D eigenvalue weighted by Gasteiger charge is -2.26. The third-order valence-corrected chi connectivity index (χ3v) is 4.33. The fraction of sp³-hybridized carbons (Fsp3) is 0.562. The highest BCUT2D eigenvalue weighted by molar-refractivity contribution is 5.75. The number of piperidine rings is 1. The molecule has 1 fully saturated rings. The van der Waals surface area contributed by atoms with E-state index in [4.69, 9.17) is 0 Å². The van der Waals surface area contributed by atoms with Gasteiger partial charge in [-0.05, 0) is 45.0 Å². The summed E-state index contributed by atoms with van der Waals surface area (Å²) in [6.07, 6.45) is 3.95. The van der Waals surface area contributed by atoms with E-state index >= 15 is 0 Å². The smallest absolute Gasteiger partial charge is 0.302 e. The van der Waals surface area contributed by atoms with Gasteiger partial charge in [-0.3, -0.25) is 9.13 Å². The molecule has 1 aliphatic rings. The number of likely N-dealkylation sites (tertiary alicyclic amines) is 1. The molecule has 108 valence electrons. The van der Waals surface area contributed by atoms with E-state index in [2.05, 4.69) is 11.0 Å². The van der Waals surface area contributed by atoms with Crippen molar-refractivity contribution in [2.45, 2.75) is 39.3 Å². The van der Waals surface area contributed by atoms with E-state index in [9.17, 15) is 4.79 Å². The molecule has 1 aliphatic heterocycles. The van der Waals surface area contributed by atoms with Crippen molar-refractivity contribution in [3.8, 4) is 0 Å². The maximum Gasteiger partial charge on any atom is 0.329 e. The maximum absolute atomic E-state index is 12.5. The molecule has 2 aromatic rings. The quantitative estimate of drug-likeness (QED) is 0.855. The maximum atomic E-state index is 12.5. The van der Waals surface area contributed by atoms with Gasteiger partial charge in [0, 0.05) is 19.6 Å². The van der Waals surface area contributed by atoms with Crippen LogP contribution in [0.25, 0.3) is 11.0 Å². The number of hydrogen-bond acceptors (Lipinski definition) is 2. The molecule has 0 bridgehead atoms. The summed E-state index contributed by atoms with van der Waals surface area (Å²) in [6.45, 7) is 6.91. The van der Waals surface area contributed by atoms with Crippen LogP contribution >= 0.6 is 0 Å². The Morgan fingerprint density at radius 1 is 0.950 bits per heavy atom. The average Bonchev–Trinajstić information content (AvgIpc) is 2.77. The Kier molecular flexibility index (Phi) is 3.92. The lowest BCUT2D eigenvalue weighted by Crippen LogP contribution is -2.35. The topological polar surface area (TPSA) is 30.2 Å². The number of rotatable bonds is 4. The number of nitrogens with zero attached hydrogens (tertiary/aromatic N) is 3. The summed E-state index contributed by atoms with van der Waals surface area (Å²) in [6, 6.07) is 8.11. The molecule has 0 unspecified atom stereocenters. The van der Waals surface area contributed by atoms with Crippen molar-refractivity contribution in [2.24, 2.45) is 0 Å². The summed E-state index contributed by atoms with van der Waals surface area (Å²) < 4.78 is 3.80. The van der Waals surface area contributed by atoms with Crippen LogP contribution in [-0.4, -0.2) is 33.7 Å². The van der Waals surface area contributed by atoms with Crippen LogP contribution in [0, 0.1) is 0 Å². The molecule has 20 heavy (non-hydrogen) atoms. The molecule has 0 atom stereocenters. The van der Waals surface area contributed by atoms with Crippen LogP contribution in [0.3, 0.4) is 0 Å². The third-order valence-electron chi connectivity index (χ3n) is 4.33. The van der Waals surface area contributed by atoms with E-state index in [0.717, 1.165) is 30.7 Å². The molecule has 3 rings (SSSR count). The number of aryl methyl sites for hydroxylation is 1. The second-order valence-corrected chi connectivity index (χ2v) is 5.57. The van der Waals surface area contributed by atoms with Crippen LogP contribution in [0.2, 0.25) is 0 Å². The molecule has 0 radical (unpaired) electrons. The molecule has 0 N–H and O–H groups in total. The van der Waals surface area contributed by atoms with Gasteiger partial charge in [-0.2, -0.15) is 0 Å². The average molecular weight is 273 g/mol. The minimum atomic E-state index is 0.130. The molecule has 2 heterocycles. The molecule has 4 heteroatoms. The van der Waals surface area contributed by atoms with Crippen molar-refractivity contribution in [1.82, 2.24) is 14.0 Å². The van der Waals surface area contributed by atoms with E-state index in [1.807, 2.05) is 34.3 Å². The molecule has 1 saturated heterocycles. The van der Waals surface area contributed by atoms with Crippen molar-refractivity contribution in [3.05, 3.63) is 34.7 Å². The number of fused-ring (bicyclic) bond motifs is 1. The van der Waals surface area contributed by atoms with E-state index < -0.39 is 0 Å². The second-order valence-electron chi connectivity index (χ2n) is 5.57. The highest BCUT2D eigenvalue weighted by atomic mass is 16.1. The fourth-order valence-corrected chi connectivity index (χ4v) is 3.22. The van der Waals surface area contributed by atoms with Crippen LogP contribution in [0.1, 0.15) is 26.2 Å². The van der Waals surface area contributed by atoms with Crippen LogP contribution in [0.15, 0.2) is 29.1 Å². The van der Waals surface area contributed by atoms with Gasteiger partial charge in [0.05, 0.1) is 11.0 Å². The van der Waals surface area contributed by atoms with Gasteiger partial charge in [-0.25, -0.2) is 4.79 Å². The normalized spacial score (nSPS) is 16.9. The summed E-state index contributed by atoms with van der Waals surface area (Å²) >= 11 is 0. The monoisotopic (exact) mass is 273 g/mol. The van der Waals surface area contributed by atoms with Gasteiger partial charge in [0.2, 0.25) is 0 Å². The molecule has 4 nitrogen and oxygen atoms in total. The van der Waals surface area contributed by atoms with Crippen LogP contribution in [0.5, 0.6) is 0 Å². The lowest BCUT2D eigenvalue weighted by molar-refractivity contribution is 0.220. The van der Waals surface area contributed by atoms with Crippen LogP contribution < -0.4 is 5.69 Å². The Morgan fingerprint density at radius 3 is 2.25 bits per heavy atom. The minimum absolute atomic E-state index is 0.130. The van der Waals surface area contributed by atoms with Crippen molar-refractivity contribution in [2.75, 3.05) is 19.6 Å². The molecular formula is C16H23N3O. The zero-order valence-electron chi connectivity index (χ0n) is 12.2. The third kappa shape index (κ3) is 2.40. The highest BCUT2D eigenvalue weighted by Crippen LogP contribution is 2.13. The highest BCUT2D eigenvalue weighted by Gasteiger charge is 2.14. The Hall–Kier alpha value is -1.55. The van der Waals surface area contributed by atoms with Crippen molar-refractivity contribution in [3.63, 3.8) is 0 Å². The summed E-state index contributed by atoms with van der Waals surface area (Å²) in [5.41, 5.74) is 2.25. The summed E-state index contributed by atoms with van der Waals surface area (Å²) in [5.74, 6) is 0. The second kappa shape index (κ2) is 5.83. The van der Waals surface area contributed by atoms with E-state index in [-0.39, 0.29) is 5.69 Å². The Balaban J connectivity index is 1.87. The Bertz CT molecular complexity index is 635. The minimum Gasteiger partial charge on any atom is -0.302 e. The van der Waals surface area contributed by atoms with Gasteiger partial charge < -0.3 is 4.90 Å². The Morgan fingerprint density at radius 2 is 1.60 bits per heavy atom. The molecule has 0 aliphatic carbocycles. The molecule has 0 saturated carbocycles. The standard InChI is InChI=1S/C16H23N3O/c1-2-18-14-8-4-5-9-15(14)19(16(18)20)13-12-17-10-6-3-7-11-17/h4-5,8-9H,2-3,6-7,10-13H2,1H3. The first-order chi connectivity index (χ1) is 9.81. The first kappa shape index (κ1) is 13.4.